The molecular weight excluding hydrogens is 317 g/mol. The summed E-state index contributed by atoms with van der Waals surface area (Å²) in [4.78, 5) is 16.7. The van der Waals surface area contributed by atoms with Crippen LogP contribution in [-0.2, 0) is 5.41 Å². The molecule has 0 spiro atoms. The molecule has 0 unspecified atom stereocenters. The van der Waals surface area contributed by atoms with Crippen LogP contribution in [0, 0.1) is 5.82 Å². The molecule has 1 fully saturated rings. The minimum absolute atomic E-state index is 0.0532. The van der Waals surface area contributed by atoms with E-state index in [4.69, 9.17) is 0 Å². The van der Waals surface area contributed by atoms with Gasteiger partial charge >= 0.3 is 0 Å². The van der Waals surface area contributed by atoms with Gasteiger partial charge in [0.2, 0.25) is 0 Å². The smallest absolute Gasteiger partial charge is 0.269 e. The maximum atomic E-state index is 13.1. The molecule has 1 aliphatic carbocycles. The molecule has 1 saturated carbocycles. The SMILES string of the molecule is O=C(NCC1(c2ccccc2)CC1)c1cncn1-c1ccc(F)cc1. The van der Waals surface area contributed by atoms with Crippen molar-refractivity contribution in [2.75, 3.05) is 6.54 Å². The van der Waals surface area contributed by atoms with Crippen molar-refractivity contribution in [2.24, 2.45) is 0 Å². The van der Waals surface area contributed by atoms with Crippen molar-refractivity contribution in [3.63, 3.8) is 0 Å². The first-order chi connectivity index (χ1) is 12.2. The summed E-state index contributed by atoms with van der Waals surface area (Å²) >= 11 is 0. The quantitative estimate of drug-likeness (QED) is 0.776. The molecule has 0 radical (unpaired) electrons. The Morgan fingerprint density at radius 2 is 1.84 bits per heavy atom. The van der Waals surface area contributed by atoms with Gasteiger partial charge in [-0.1, -0.05) is 30.3 Å². The second kappa shape index (κ2) is 6.16. The number of nitrogens with one attached hydrogen (secondary N) is 1. The van der Waals surface area contributed by atoms with Gasteiger partial charge < -0.3 is 5.32 Å². The average molecular weight is 335 g/mol. The van der Waals surface area contributed by atoms with Crippen molar-refractivity contribution in [3.8, 4) is 5.69 Å². The third-order valence-electron chi connectivity index (χ3n) is 4.80. The second-order valence-corrected chi connectivity index (χ2v) is 6.45. The van der Waals surface area contributed by atoms with Gasteiger partial charge in [-0.25, -0.2) is 9.37 Å². The molecule has 4 nitrogen and oxygen atoms in total. The van der Waals surface area contributed by atoms with Crippen molar-refractivity contribution in [3.05, 3.63) is 84.2 Å². The fourth-order valence-corrected chi connectivity index (χ4v) is 3.12. The van der Waals surface area contributed by atoms with E-state index in [2.05, 4.69) is 22.4 Å². The van der Waals surface area contributed by atoms with Gasteiger partial charge in [0.15, 0.2) is 0 Å². The van der Waals surface area contributed by atoms with Gasteiger partial charge in [-0.05, 0) is 42.7 Å². The summed E-state index contributed by atoms with van der Waals surface area (Å²) in [7, 11) is 0. The molecule has 25 heavy (non-hydrogen) atoms. The summed E-state index contributed by atoms with van der Waals surface area (Å²) in [6.07, 6.45) is 5.25. The molecule has 1 amide bonds. The van der Waals surface area contributed by atoms with E-state index in [-0.39, 0.29) is 17.1 Å². The predicted octanol–water partition coefficient (Wildman–Crippen LogP) is 3.47. The maximum absolute atomic E-state index is 13.1. The van der Waals surface area contributed by atoms with Crippen LogP contribution in [0.15, 0.2) is 67.1 Å². The number of carbonyl (C=O) groups excluding carboxylic acids is 1. The molecule has 126 valence electrons. The Morgan fingerprint density at radius 1 is 1.12 bits per heavy atom. The van der Waals surface area contributed by atoms with Crippen LogP contribution in [0.4, 0.5) is 4.39 Å². The van der Waals surface area contributed by atoms with E-state index in [1.165, 1.54) is 23.9 Å². The molecule has 0 bridgehead atoms. The molecule has 1 heterocycles. The number of nitrogens with zero attached hydrogens (tertiary/aromatic N) is 2. The summed E-state index contributed by atoms with van der Waals surface area (Å²) in [6.45, 7) is 0.602. The Bertz CT molecular complexity index is 883. The predicted molar refractivity (Wildman–Crippen MR) is 93.2 cm³/mol. The first-order valence-electron chi connectivity index (χ1n) is 8.30. The van der Waals surface area contributed by atoms with Crippen molar-refractivity contribution in [1.82, 2.24) is 14.9 Å². The lowest BCUT2D eigenvalue weighted by Crippen LogP contribution is -2.33. The Hall–Kier alpha value is -2.95. The minimum Gasteiger partial charge on any atom is -0.350 e. The normalized spacial score (nSPS) is 14.9. The molecule has 3 aromatic rings. The van der Waals surface area contributed by atoms with E-state index in [9.17, 15) is 9.18 Å². The van der Waals surface area contributed by atoms with Crippen molar-refractivity contribution < 1.29 is 9.18 Å². The molecule has 5 heteroatoms. The van der Waals surface area contributed by atoms with Gasteiger partial charge in [-0.3, -0.25) is 9.36 Å². The summed E-state index contributed by atoms with van der Waals surface area (Å²) in [6, 6.07) is 16.3. The highest BCUT2D eigenvalue weighted by atomic mass is 19.1. The monoisotopic (exact) mass is 335 g/mol. The van der Waals surface area contributed by atoms with E-state index in [1.54, 1.807) is 23.0 Å². The zero-order chi connectivity index (χ0) is 17.3. The van der Waals surface area contributed by atoms with E-state index >= 15 is 0 Å². The Balaban J connectivity index is 1.50. The molecule has 0 atom stereocenters. The zero-order valence-electron chi connectivity index (χ0n) is 13.7. The van der Waals surface area contributed by atoms with Crippen molar-refractivity contribution in [1.29, 1.82) is 0 Å². The van der Waals surface area contributed by atoms with E-state index in [1.807, 2.05) is 18.2 Å². The van der Waals surface area contributed by atoms with Crippen LogP contribution >= 0.6 is 0 Å². The number of imidazole rings is 1. The largest absolute Gasteiger partial charge is 0.350 e. The standard InChI is InChI=1S/C20H18FN3O/c21-16-6-8-17(9-7-16)24-14-22-12-18(24)19(25)23-13-20(10-11-20)15-4-2-1-3-5-15/h1-9,12,14H,10-11,13H2,(H,23,25). The summed E-state index contributed by atoms with van der Waals surface area (Å²) in [5.41, 5.74) is 2.46. The maximum Gasteiger partial charge on any atom is 0.269 e. The van der Waals surface area contributed by atoms with Crippen LogP contribution in [0.25, 0.3) is 5.69 Å². The molecule has 0 saturated heterocycles. The molecule has 4 rings (SSSR count). The number of carbonyl (C=O) groups is 1. The van der Waals surface area contributed by atoms with Crippen LogP contribution in [0.1, 0.15) is 28.9 Å². The molecule has 1 aliphatic rings. The molecule has 1 N–H and O–H groups in total. The lowest BCUT2D eigenvalue weighted by molar-refractivity contribution is 0.0943. The average Bonchev–Trinajstić information content (AvgIpc) is 3.29. The molecule has 0 aliphatic heterocycles. The van der Waals surface area contributed by atoms with Crippen LogP contribution < -0.4 is 5.32 Å². The molecule has 1 aromatic heterocycles. The van der Waals surface area contributed by atoms with Gasteiger partial charge in [0.25, 0.3) is 5.91 Å². The van der Waals surface area contributed by atoms with Gasteiger partial charge in [0, 0.05) is 17.6 Å². The minimum atomic E-state index is -0.312. The lowest BCUT2D eigenvalue weighted by atomic mass is 9.96. The van der Waals surface area contributed by atoms with Gasteiger partial charge in [0.1, 0.15) is 11.5 Å². The van der Waals surface area contributed by atoms with E-state index < -0.39 is 0 Å². The van der Waals surface area contributed by atoms with Crippen molar-refractivity contribution in [2.45, 2.75) is 18.3 Å². The number of hydrogen-bond acceptors (Lipinski definition) is 2. The molecular formula is C20H18FN3O. The Morgan fingerprint density at radius 3 is 2.52 bits per heavy atom. The van der Waals surface area contributed by atoms with Gasteiger partial charge in [0.05, 0.1) is 12.5 Å². The van der Waals surface area contributed by atoms with Crippen LogP contribution in [-0.4, -0.2) is 22.0 Å². The third kappa shape index (κ3) is 3.05. The number of rotatable bonds is 5. The fraction of sp³-hybridized carbons (Fsp3) is 0.200. The second-order valence-electron chi connectivity index (χ2n) is 6.45. The van der Waals surface area contributed by atoms with Gasteiger partial charge in [-0.15, -0.1) is 0 Å². The number of benzene rings is 2. The van der Waals surface area contributed by atoms with Gasteiger partial charge in [-0.2, -0.15) is 0 Å². The third-order valence-corrected chi connectivity index (χ3v) is 4.80. The van der Waals surface area contributed by atoms with Crippen LogP contribution in [0.3, 0.4) is 0 Å². The lowest BCUT2D eigenvalue weighted by Gasteiger charge is -2.17. The highest BCUT2D eigenvalue weighted by Crippen LogP contribution is 2.47. The van der Waals surface area contributed by atoms with E-state index in [0.29, 0.717) is 17.9 Å². The van der Waals surface area contributed by atoms with E-state index in [0.717, 1.165) is 12.8 Å². The highest BCUT2D eigenvalue weighted by Gasteiger charge is 2.44. The topological polar surface area (TPSA) is 46.9 Å². The number of aromatic nitrogens is 2. The number of halogens is 1. The first-order valence-corrected chi connectivity index (χ1v) is 8.30. The fourth-order valence-electron chi connectivity index (χ4n) is 3.12. The first kappa shape index (κ1) is 15.6. The Kier molecular flexibility index (Phi) is 3.84. The molecule has 2 aromatic carbocycles. The van der Waals surface area contributed by atoms with Crippen LogP contribution in [0.2, 0.25) is 0 Å². The van der Waals surface area contributed by atoms with Crippen LogP contribution in [0.5, 0.6) is 0 Å². The summed E-state index contributed by atoms with van der Waals surface area (Å²) in [5, 5.41) is 3.03. The Labute approximate surface area is 145 Å². The summed E-state index contributed by atoms with van der Waals surface area (Å²) in [5.74, 6) is -0.488. The highest BCUT2D eigenvalue weighted by molar-refractivity contribution is 5.93. The van der Waals surface area contributed by atoms with Crippen molar-refractivity contribution >= 4 is 5.91 Å². The number of hydrogen-bond donors (Lipinski definition) is 1. The zero-order valence-corrected chi connectivity index (χ0v) is 13.7. The summed E-state index contributed by atoms with van der Waals surface area (Å²) < 4.78 is 14.8. The number of amides is 1.